The summed E-state index contributed by atoms with van der Waals surface area (Å²) in [7, 11) is -3.43. The lowest BCUT2D eigenvalue weighted by Crippen LogP contribution is -2.38. The molecule has 0 bridgehead atoms. The molecule has 0 amide bonds. The summed E-state index contributed by atoms with van der Waals surface area (Å²) in [5.74, 6) is 0.290. The number of anilines is 1. The van der Waals surface area contributed by atoms with Gasteiger partial charge in [0.2, 0.25) is 0 Å². The normalized spacial score (nSPS) is 14.9. The predicted octanol–water partition coefficient (Wildman–Crippen LogP) is 1.62. The molecule has 1 aliphatic rings. The Morgan fingerprint density at radius 2 is 2.10 bits per heavy atom. The summed E-state index contributed by atoms with van der Waals surface area (Å²) in [4.78, 5) is 0. The standard InChI is InChI=1S/C14H23N3O2S/c1-11(2)9-16-20(18,19)17-10-13-6-3-5-12-7-4-8-15-14(12)13/h3,5-6,11,15-17H,4,7-10H2,1-2H3. The Hall–Kier alpha value is -1.11. The first kappa shape index (κ1) is 15.3. The van der Waals surface area contributed by atoms with Crippen molar-refractivity contribution in [3.63, 3.8) is 0 Å². The zero-order valence-corrected chi connectivity index (χ0v) is 12.9. The Bertz CT molecular complexity index is 556. The minimum Gasteiger partial charge on any atom is -0.385 e. The Balaban J connectivity index is 2.00. The topological polar surface area (TPSA) is 70.2 Å². The quantitative estimate of drug-likeness (QED) is 0.747. The second-order valence-electron chi connectivity index (χ2n) is 5.55. The number of para-hydroxylation sites is 1. The second kappa shape index (κ2) is 6.56. The lowest BCUT2D eigenvalue weighted by atomic mass is 9.99. The molecular formula is C14H23N3O2S. The maximum Gasteiger partial charge on any atom is 0.277 e. The lowest BCUT2D eigenvalue weighted by Gasteiger charge is -2.21. The van der Waals surface area contributed by atoms with Gasteiger partial charge in [-0.3, -0.25) is 0 Å². The zero-order chi connectivity index (χ0) is 14.6. The summed E-state index contributed by atoms with van der Waals surface area (Å²) in [6.45, 7) is 5.65. The molecule has 0 unspecified atom stereocenters. The molecule has 0 aromatic heterocycles. The van der Waals surface area contributed by atoms with Crippen molar-refractivity contribution < 1.29 is 8.42 Å². The van der Waals surface area contributed by atoms with Gasteiger partial charge in [0.25, 0.3) is 10.2 Å². The van der Waals surface area contributed by atoms with Gasteiger partial charge in [-0.15, -0.1) is 0 Å². The average molecular weight is 297 g/mol. The van der Waals surface area contributed by atoms with Gasteiger partial charge in [-0.1, -0.05) is 32.0 Å². The first-order valence-corrected chi connectivity index (χ1v) is 8.55. The highest BCUT2D eigenvalue weighted by atomic mass is 32.2. The molecule has 1 aliphatic heterocycles. The summed E-state index contributed by atoms with van der Waals surface area (Å²) in [6.07, 6.45) is 2.17. The van der Waals surface area contributed by atoms with Crippen LogP contribution in [0.2, 0.25) is 0 Å². The Kier molecular flexibility index (Phi) is 5.01. The largest absolute Gasteiger partial charge is 0.385 e. The average Bonchev–Trinajstić information content (AvgIpc) is 2.43. The fourth-order valence-electron chi connectivity index (χ4n) is 2.23. The lowest BCUT2D eigenvalue weighted by molar-refractivity contribution is 0.547. The van der Waals surface area contributed by atoms with Gasteiger partial charge < -0.3 is 5.32 Å². The van der Waals surface area contributed by atoms with Crippen LogP contribution in [0.5, 0.6) is 0 Å². The van der Waals surface area contributed by atoms with Crippen molar-refractivity contribution in [2.24, 2.45) is 5.92 Å². The van der Waals surface area contributed by atoms with Gasteiger partial charge in [0.15, 0.2) is 0 Å². The van der Waals surface area contributed by atoms with Crippen LogP contribution in [0, 0.1) is 5.92 Å². The third-order valence-electron chi connectivity index (χ3n) is 3.30. The highest BCUT2D eigenvalue weighted by molar-refractivity contribution is 7.87. The van der Waals surface area contributed by atoms with E-state index in [4.69, 9.17) is 0 Å². The molecule has 0 spiro atoms. The van der Waals surface area contributed by atoms with E-state index in [-0.39, 0.29) is 5.92 Å². The van der Waals surface area contributed by atoms with E-state index in [0.717, 1.165) is 30.6 Å². The molecular weight excluding hydrogens is 274 g/mol. The molecule has 112 valence electrons. The van der Waals surface area contributed by atoms with Crippen molar-refractivity contribution in [2.75, 3.05) is 18.4 Å². The molecule has 1 heterocycles. The molecule has 2 rings (SSSR count). The number of benzene rings is 1. The van der Waals surface area contributed by atoms with E-state index in [2.05, 4.69) is 20.8 Å². The monoisotopic (exact) mass is 297 g/mol. The molecule has 0 aliphatic carbocycles. The van der Waals surface area contributed by atoms with Crippen LogP contribution >= 0.6 is 0 Å². The summed E-state index contributed by atoms with van der Waals surface area (Å²) in [6, 6.07) is 6.04. The van der Waals surface area contributed by atoms with E-state index in [1.807, 2.05) is 26.0 Å². The second-order valence-corrected chi connectivity index (χ2v) is 7.13. The van der Waals surface area contributed by atoms with Crippen molar-refractivity contribution in [1.82, 2.24) is 9.44 Å². The van der Waals surface area contributed by atoms with Crippen LogP contribution < -0.4 is 14.8 Å². The van der Waals surface area contributed by atoms with Crippen molar-refractivity contribution >= 4 is 15.9 Å². The van der Waals surface area contributed by atoms with E-state index < -0.39 is 10.2 Å². The minimum absolute atomic E-state index is 0.290. The molecule has 1 aromatic carbocycles. The number of rotatable bonds is 6. The Morgan fingerprint density at radius 1 is 1.30 bits per heavy atom. The van der Waals surface area contributed by atoms with Crippen molar-refractivity contribution in [3.8, 4) is 0 Å². The smallest absolute Gasteiger partial charge is 0.277 e. The highest BCUT2D eigenvalue weighted by Crippen LogP contribution is 2.25. The van der Waals surface area contributed by atoms with Gasteiger partial charge in [0.05, 0.1) is 0 Å². The van der Waals surface area contributed by atoms with Crippen LogP contribution in [0.1, 0.15) is 31.4 Å². The number of aryl methyl sites for hydroxylation is 1. The maximum atomic E-state index is 11.8. The Labute approximate surface area is 121 Å². The maximum absolute atomic E-state index is 11.8. The summed E-state index contributed by atoms with van der Waals surface area (Å²) >= 11 is 0. The van der Waals surface area contributed by atoms with Crippen molar-refractivity contribution in [1.29, 1.82) is 0 Å². The number of fused-ring (bicyclic) bond motifs is 1. The van der Waals surface area contributed by atoms with E-state index >= 15 is 0 Å². The van der Waals surface area contributed by atoms with Gasteiger partial charge in [0.1, 0.15) is 0 Å². The van der Waals surface area contributed by atoms with Crippen molar-refractivity contribution in [3.05, 3.63) is 29.3 Å². The molecule has 6 heteroatoms. The van der Waals surface area contributed by atoms with Crippen molar-refractivity contribution in [2.45, 2.75) is 33.2 Å². The number of hydrogen-bond donors (Lipinski definition) is 3. The highest BCUT2D eigenvalue weighted by Gasteiger charge is 2.15. The molecule has 0 atom stereocenters. The molecule has 5 nitrogen and oxygen atoms in total. The van der Waals surface area contributed by atoms with Gasteiger partial charge in [-0.2, -0.15) is 13.1 Å². The third kappa shape index (κ3) is 4.19. The van der Waals surface area contributed by atoms with E-state index in [1.54, 1.807) is 0 Å². The van der Waals surface area contributed by atoms with Crippen LogP contribution in [0.25, 0.3) is 0 Å². The summed E-state index contributed by atoms with van der Waals surface area (Å²) < 4.78 is 28.8. The molecule has 3 N–H and O–H groups in total. The Morgan fingerprint density at radius 3 is 2.85 bits per heavy atom. The third-order valence-corrected chi connectivity index (χ3v) is 4.37. The van der Waals surface area contributed by atoms with Gasteiger partial charge >= 0.3 is 0 Å². The van der Waals surface area contributed by atoms with E-state index in [9.17, 15) is 8.42 Å². The number of hydrogen-bond acceptors (Lipinski definition) is 3. The van der Waals surface area contributed by atoms with Crippen LogP contribution in [0.4, 0.5) is 5.69 Å². The molecule has 0 saturated heterocycles. The number of nitrogens with one attached hydrogen (secondary N) is 3. The van der Waals surface area contributed by atoms with Gasteiger partial charge in [-0.25, -0.2) is 4.72 Å². The summed E-state index contributed by atoms with van der Waals surface area (Å²) in [5.41, 5.74) is 3.35. The summed E-state index contributed by atoms with van der Waals surface area (Å²) in [5, 5.41) is 3.36. The van der Waals surface area contributed by atoms with Gasteiger partial charge in [0, 0.05) is 25.3 Å². The zero-order valence-electron chi connectivity index (χ0n) is 12.1. The molecule has 1 aromatic rings. The van der Waals surface area contributed by atoms with Crippen LogP contribution in [0.15, 0.2) is 18.2 Å². The van der Waals surface area contributed by atoms with Crippen LogP contribution in [-0.4, -0.2) is 21.5 Å². The minimum atomic E-state index is -3.43. The molecule has 20 heavy (non-hydrogen) atoms. The SMILES string of the molecule is CC(C)CNS(=O)(=O)NCc1cccc2c1NCCC2. The molecule has 0 fully saturated rings. The van der Waals surface area contributed by atoms with Crippen LogP contribution in [0.3, 0.4) is 0 Å². The van der Waals surface area contributed by atoms with Crippen LogP contribution in [-0.2, 0) is 23.2 Å². The first-order chi connectivity index (χ1) is 9.48. The van der Waals surface area contributed by atoms with E-state index in [1.165, 1.54) is 5.56 Å². The molecule has 0 saturated carbocycles. The fraction of sp³-hybridized carbons (Fsp3) is 0.571. The predicted molar refractivity (Wildman–Crippen MR) is 81.9 cm³/mol. The first-order valence-electron chi connectivity index (χ1n) is 7.07. The van der Waals surface area contributed by atoms with Gasteiger partial charge in [-0.05, 0) is 29.9 Å². The molecule has 0 radical (unpaired) electrons. The fourth-order valence-corrected chi connectivity index (χ4v) is 3.23. The van der Waals surface area contributed by atoms with E-state index in [0.29, 0.717) is 13.1 Å².